The van der Waals surface area contributed by atoms with Crippen molar-refractivity contribution in [2.75, 3.05) is 19.6 Å². The van der Waals surface area contributed by atoms with Crippen molar-refractivity contribution in [2.24, 2.45) is 11.8 Å². The molecule has 1 saturated carbocycles. The Kier molecular flexibility index (Phi) is 4.88. The summed E-state index contributed by atoms with van der Waals surface area (Å²) in [5.74, 6) is 0.652. The van der Waals surface area contributed by atoms with Crippen molar-refractivity contribution >= 4 is 0 Å². The first-order valence-corrected chi connectivity index (χ1v) is 9.42. The molecule has 1 aromatic carbocycles. The van der Waals surface area contributed by atoms with Gasteiger partial charge in [-0.1, -0.05) is 12.1 Å². The summed E-state index contributed by atoms with van der Waals surface area (Å²) >= 11 is 0. The van der Waals surface area contributed by atoms with E-state index >= 15 is 0 Å². The van der Waals surface area contributed by atoms with Crippen LogP contribution in [0.1, 0.15) is 30.2 Å². The van der Waals surface area contributed by atoms with Gasteiger partial charge in [-0.05, 0) is 54.5 Å². The average molecular weight is 372 g/mol. The van der Waals surface area contributed by atoms with E-state index < -0.39 is 11.7 Å². The first-order chi connectivity index (χ1) is 12.9. The highest BCUT2D eigenvalue weighted by Crippen LogP contribution is 2.45. The highest BCUT2D eigenvalue weighted by Gasteiger charge is 2.48. The van der Waals surface area contributed by atoms with Crippen LogP contribution >= 0.6 is 0 Å². The molecule has 0 amide bonds. The zero-order chi connectivity index (χ0) is 19.0. The fraction of sp³-hybridized carbons (Fsp3) is 0.476. The molecule has 4 rings (SSSR count). The molecule has 1 saturated heterocycles. The van der Waals surface area contributed by atoms with E-state index in [2.05, 4.69) is 9.88 Å². The quantitative estimate of drug-likeness (QED) is 0.751. The van der Waals surface area contributed by atoms with E-state index in [1.807, 2.05) is 0 Å². The molecule has 1 aliphatic heterocycles. The van der Waals surface area contributed by atoms with Crippen LogP contribution in [0.15, 0.2) is 42.6 Å². The first-order valence-electron chi connectivity index (χ1n) is 9.42. The number of β-amino-alcohol motifs (C(OH)–C–C–N with tert-alkyl or cyclic N) is 1. The van der Waals surface area contributed by atoms with Gasteiger partial charge >= 0.3 is 0 Å². The topological polar surface area (TPSA) is 76.8 Å². The standard InChI is InChI=1S/C21H25FN2O3/c22-17-3-1-14(2-4-17)7-21(27)8-15-11-24(12-16(15)9-21)13-20(26)19-6-5-18(25)10-23-19/h1-6,10,15-16,20,25-27H,7-9,11-13H2/t15-,16?,20+,21+/m1/s1. The van der Waals surface area contributed by atoms with Gasteiger partial charge in [0.1, 0.15) is 17.7 Å². The Bertz CT molecular complexity index is 767. The highest BCUT2D eigenvalue weighted by atomic mass is 19.1. The van der Waals surface area contributed by atoms with Gasteiger partial charge in [-0.25, -0.2) is 4.39 Å². The molecular formula is C21H25FN2O3. The van der Waals surface area contributed by atoms with Gasteiger partial charge in [0.2, 0.25) is 0 Å². The van der Waals surface area contributed by atoms with Gasteiger partial charge in [-0.15, -0.1) is 0 Å². The lowest BCUT2D eigenvalue weighted by atomic mass is 9.91. The zero-order valence-electron chi connectivity index (χ0n) is 15.1. The number of halogens is 1. The van der Waals surface area contributed by atoms with E-state index in [1.54, 1.807) is 18.2 Å². The summed E-state index contributed by atoms with van der Waals surface area (Å²) in [5.41, 5.74) is 0.790. The Morgan fingerprint density at radius 1 is 1.11 bits per heavy atom. The number of pyridine rings is 1. The van der Waals surface area contributed by atoms with E-state index in [9.17, 15) is 19.7 Å². The second kappa shape index (κ2) is 7.19. The monoisotopic (exact) mass is 372 g/mol. The predicted molar refractivity (Wildman–Crippen MR) is 98.6 cm³/mol. The molecule has 1 aromatic heterocycles. The Labute approximate surface area is 158 Å². The summed E-state index contributed by atoms with van der Waals surface area (Å²) in [4.78, 5) is 6.30. The van der Waals surface area contributed by atoms with Crippen LogP contribution in [0.5, 0.6) is 5.75 Å². The number of fused-ring (bicyclic) bond motifs is 1. The summed E-state index contributed by atoms with van der Waals surface area (Å²) in [6.07, 6.45) is 2.67. The van der Waals surface area contributed by atoms with E-state index in [0.29, 0.717) is 30.5 Å². The highest BCUT2D eigenvalue weighted by molar-refractivity contribution is 5.20. The van der Waals surface area contributed by atoms with E-state index in [0.717, 1.165) is 31.5 Å². The molecule has 27 heavy (non-hydrogen) atoms. The summed E-state index contributed by atoms with van der Waals surface area (Å²) in [7, 11) is 0. The summed E-state index contributed by atoms with van der Waals surface area (Å²) in [5, 5.41) is 30.7. The molecule has 0 spiro atoms. The summed E-state index contributed by atoms with van der Waals surface area (Å²) < 4.78 is 13.1. The Hall–Kier alpha value is -2.02. The van der Waals surface area contributed by atoms with E-state index in [1.165, 1.54) is 24.4 Å². The van der Waals surface area contributed by atoms with Crippen LogP contribution in [-0.4, -0.2) is 50.4 Å². The number of nitrogens with zero attached hydrogens (tertiary/aromatic N) is 2. The van der Waals surface area contributed by atoms with Gasteiger partial charge < -0.3 is 15.3 Å². The number of rotatable bonds is 5. The average Bonchev–Trinajstić information content (AvgIpc) is 3.11. The zero-order valence-corrected chi connectivity index (χ0v) is 15.1. The molecule has 2 aliphatic rings. The second-order valence-electron chi connectivity index (χ2n) is 8.13. The fourth-order valence-electron chi connectivity index (χ4n) is 4.77. The van der Waals surface area contributed by atoms with Crippen LogP contribution in [0.25, 0.3) is 0 Å². The van der Waals surface area contributed by atoms with Crippen LogP contribution in [0.4, 0.5) is 4.39 Å². The SMILES string of the molecule is Oc1ccc([C@@H](O)CN2CC3C[C@](O)(Cc4ccc(F)cc4)C[C@@H]3C2)nc1. The lowest BCUT2D eigenvalue weighted by molar-refractivity contribution is 0.0327. The molecule has 4 atom stereocenters. The number of hydrogen-bond donors (Lipinski definition) is 3. The summed E-state index contributed by atoms with van der Waals surface area (Å²) in [6, 6.07) is 9.53. The smallest absolute Gasteiger partial charge is 0.133 e. The van der Waals surface area contributed by atoms with Crippen molar-refractivity contribution in [1.29, 1.82) is 0 Å². The third-order valence-electron chi connectivity index (χ3n) is 5.93. The lowest BCUT2D eigenvalue weighted by Crippen LogP contribution is -2.33. The van der Waals surface area contributed by atoms with Gasteiger partial charge in [0, 0.05) is 26.1 Å². The molecule has 5 nitrogen and oxygen atoms in total. The number of aliphatic hydroxyl groups excluding tert-OH is 1. The number of likely N-dealkylation sites (tertiary alicyclic amines) is 1. The van der Waals surface area contributed by atoms with Crippen molar-refractivity contribution in [3.05, 3.63) is 59.7 Å². The minimum absolute atomic E-state index is 0.0853. The van der Waals surface area contributed by atoms with Gasteiger partial charge in [0.05, 0.1) is 17.5 Å². The minimum atomic E-state index is -0.726. The van der Waals surface area contributed by atoms with E-state index in [4.69, 9.17) is 0 Å². The van der Waals surface area contributed by atoms with Crippen molar-refractivity contribution in [2.45, 2.75) is 31.0 Å². The Morgan fingerprint density at radius 2 is 1.78 bits per heavy atom. The molecule has 1 aliphatic carbocycles. The third-order valence-corrected chi connectivity index (χ3v) is 5.93. The molecule has 144 valence electrons. The number of aromatic hydroxyl groups is 1. The minimum Gasteiger partial charge on any atom is -0.506 e. The number of benzene rings is 1. The van der Waals surface area contributed by atoms with Gasteiger partial charge in [0.15, 0.2) is 0 Å². The molecule has 2 fully saturated rings. The van der Waals surface area contributed by atoms with Crippen molar-refractivity contribution in [3.63, 3.8) is 0 Å². The Balaban J connectivity index is 1.32. The van der Waals surface area contributed by atoms with Crippen LogP contribution in [0.3, 0.4) is 0 Å². The number of aliphatic hydroxyl groups is 2. The maximum Gasteiger partial charge on any atom is 0.133 e. The van der Waals surface area contributed by atoms with E-state index in [-0.39, 0.29) is 11.6 Å². The maximum absolute atomic E-state index is 13.1. The summed E-state index contributed by atoms with van der Waals surface area (Å²) in [6.45, 7) is 2.21. The Morgan fingerprint density at radius 3 is 2.37 bits per heavy atom. The number of aromatic nitrogens is 1. The van der Waals surface area contributed by atoms with Gasteiger partial charge in [-0.2, -0.15) is 0 Å². The molecule has 3 N–H and O–H groups in total. The number of hydrogen-bond acceptors (Lipinski definition) is 5. The largest absolute Gasteiger partial charge is 0.506 e. The maximum atomic E-state index is 13.1. The molecule has 1 unspecified atom stereocenters. The second-order valence-corrected chi connectivity index (χ2v) is 8.13. The lowest BCUT2D eigenvalue weighted by Gasteiger charge is -2.27. The molecule has 0 radical (unpaired) electrons. The van der Waals surface area contributed by atoms with Crippen molar-refractivity contribution in [3.8, 4) is 5.75 Å². The third kappa shape index (κ3) is 4.13. The van der Waals surface area contributed by atoms with Crippen molar-refractivity contribution < 1.29 is 19.7 Å². The predicted octanol–water partition coefficient (Wildman–Crippen LogP) is 2.28. The normalized spacial score (nSPS) is 29.0. The molecular weight excluding hydrogens is 347 g/mol. The van der Waals surface area contributed by atoms with Crippen molar-refractivity contribution in [1.82, 2.24) is 9.88 Å². The van der Waals surface area contributed by atoms with Crippen LogP contribution in [0.2, 0.25) is 0 Å². The van der Waals surface area contributed by atoms with Gasteiger partial charge in [0.25, 0.3) is 0 Å². The molecule has 2 aromatic rings. The van der Waals surface area contributed by atoms with Crippen LogP contribution < -0.4 is 0 Å². The molecule has 6 heteroatoms. The van der Waals surface area contributed by atoms with Gasteiger partial charge in [-0.3, -0.25) is 9.88 Å². The first kappa shape index (κ1) is 18.3. The van der Waals surface area contributed by atoms with Crippen LogP contribution in [-0.2, 0) is 6.42 Å². The molecule has 2 heterocycles. The van der Waals surface area contributed by atoms with Crippen LogP contribution in [0, 0.1) is 17.7 Å². The molecule has 0 bridgehead atoms. The fourth-order valence-corrected chi connectivity index (χ4v) is 4.77.